The summed E-state index contributed by atoms with van der Waals surface area (Å²) in [5, 5.41) is 0. The first-order chi connectivity index (χ1) is 8.80. The van der Waals surface area contributed by atoms with Crippen LogP contribution in [0.4, 0.5) is 0 Å². The molecule has 0 aliphatic rings. The molecule has 1 N–H and O–H groups in total. The average Bonchev–Trinajstić information content (AvgIpc) is 2.84. The Morgan fingerprint density at radius 1 is 1.06 bits per heavy atom. The van der Waals surface area contributed by atoms with Crippen LogP contribution in [0.25, 0.3) is 0 Å². The molecule has 0 aliphatic heterocycles. The van der Waals surface area contributed by atoms with Crippen molar-refractivity contribution >= 4 is 0 Å². The molecule has 0 spiro atoms. The van der Waals surface area contributed by atoms with E-state index < -0.39 is 0 Å². The molecule has 104 valence electrons. The van der Waals surface area contributed by atoms with Crippen molar-refractivity contribution in [3.05, 3.63) is 17.7 Å². The molecule has 1 rings (SSSR count). The van der Waals surface area contributed by atoms with Crippen LogP contribution in [-0.4, -0.2) is 34.5 Å². The molecule has 0 aliphatic carbocycles. The Bertz CT molecular complexity index is 302. The third-order valence-electron chi connectivity index (χ3n) is 3.53. The number of rotatable bonds is 10. The van der Waals surface area contributed by atoms with Gasteiger partial charge < -0.3 is 9.88 Å². The van der Waals surface area contributed by atoms with Gasteiger partial charge in [-0.2, -0.15) is 0 Å². The number of aromatic nitrogens is 2. The highest BCUT2D eigenvalue weighted by Gasteiger charge is 2.04. The highest BCUT2D eigenvalue weighted by Crippen LogP contribution is 2.06. The Morgan fingerprint density at radius 3 is 2.50 bits per heavy atom. The van der Waals surface area contributed by atoms with Crippen molar-refractivity contribution in [3.63, 3.8) is 0 Å². The standard InChI is InChI=1S/C15H29N3/c1-4-7-8-9-10-15-16-13-14(17-15)11-12-18(5-2)6-3/h13H,4-12H2,1-3H3,(H,16,17). The number of likely N-dealkylation sites (N-methyl/N-ethyl adjacent to an activating group) is 1. The van der Waals surface area contributed by atoms with Gasteiger partial charge in [0.05, 0.1) is 5.69 Å². The quantitative estimate of drug-likeness (QED) is 0.646. The predicted molar refractivity (Wildman–Crippen MR) is 77.9 cm³/mol. The van der Waals surface area contributed by atoms with E-state index >= 15 is 0 Å². The number of nitrogens with zero attached hydrogens (tertiary/aromatic N) is 2. The number of aryl methyl sites for hydroxylation is 1. The Kier molecular flexibility index (Phi) is 7.74. The van der Waals surface area contributed by atoms with Gasteiger partial charge in [-0.05, 0) is 19.5 Å². The molecule has 0 unspecified atom stereocenters. The first-order valence-corrected chi connectivity index (χ1v) is 7.55. The molecule has 1 heterocycles. The van der Waals surface area contributed by atoms with Crippen LogP contribution >= 0.6 is 0 Å². The van der Waals surface area contributed by atoms with E-state index in [0.717, 1.165) is 32.5 Å². The molecular formula is C15H29N3. The molecule has 0 amide bonds. The van der Waals surface area contributed by atoms with E-state index in [1.807, 2.05) is 0 Å². The Labute approximate surface area is 112 Å². The molecule has 18 heavy (non-hydrogen) atoms. The fraction of sp³-hybridized carbons (Fsp3) is 0.800. The lowest BCUT2D eigenvalue weighted by molar-refractivity contribution is 0.307. The van der Waals surface area contributed by atoms with Crippen LogP contribution in [0.15, 0.2) is 6.20 Å². The summed E-state index contributed by atoms with van der Waals surface area (Å²) in [5.74, 6) is 1.17. The van der Waals surface area contributed by atoms with E-state index in [4.69, 9.17) is 0 Å². The SMILES string of the molecule is CCCCCCc1nc(CCN(CC)CC)c[nH]1. The van der Waals surface area contributed by atoms with Crippen molar-refractivity contribution in [2.45, 2.75) is 59.3 Å². The first kappa shape index (κ1) is 15.2. The Hall–Kier alpha value is -0.830. The molecule has 3 heteroatoms. The van der Waals surface area contributed by atoms with Gasteiger partial charge in [-0.1, -0.05) is 40.0 Å². The van der Waals surface area contributed by atoms with Gasteiger partial charge in [-0.15, -0.1) is 0 Å². The van der Waals surface area contributed by atoms with Gasteiger partial charge in [0.2, 0.25) is 0 Å². The molecular weight excluding hydrogens is 222 g/mol. The van der Waals surface area contributed by atoms with Crippen LogP contribution in [-0.2, 0) is 12.8 Å². The van der Waals surface area contributed by atoms with Crippen molar-refractivity contribution in [3.8, 4) is 0 Å². The van der Waals surface area contributed by atoms with Crippen LogP contribution in [0.3, 0.4) is 0 Å². The van der Waals surface area contributed by atoms with Crippen molar-refractivity contribution in [1.29, 1.82) is 0 Å². The van der Waals surface area contributed by atoms with Crippen LogP contribution in [0.5, 0.6) is 0 Å². The van der Waals surface area contributed by atoms with Crippen molar-refractivity contribution in [2.75, 3.05) is 19.6 Å². The molecule has 0 saturated heterocycles. The predicted octanol–water partition coefficient (Wildman–Crippen LogP) is 3.42. The van der Waals surface area contributed by atoms with E-state index in [0.29, 0.717) is 0 Å². The summed E-state index contributed by atoms with van der Waals surface area (Å²) < 4.78 is 0. The minimum Gasteiger partial charge on any atom is -0.348 e. The summed E-state index contributed by atoms with van der Waals surface area (Å²) in [7, 11) is 0. The summed E-state index contributed by atoms with van der Waals surface area (Å²) in [6, 6.07) is 0. The van der Waals surface area contributed by atoms with Crippen LogP contribution in [0, 0.1) is 0 Å². The smallest absolute Gasteiger partial charge is 0.106 e. The fourth-order valence-electron chi connectivity index (χ4n) is 2.19. The highest BCUT2D eigenvalue weighted by molar-refractivity contribution is 5.02. The van der Waals surface area contributed by atoms with E-state index in [2.05, 4.69) is 41.8 Å². The van der Waals surface area contributed by atoms with Crippen LogP contribution < -0.4 is 0 Å². The summed E-state index contributed by atoms with van der Waals surface area (Å²) in [4.78, 5) is 10.4. The molecule has 1 aromatic heterocycles. The summed E-state index contributed by atoms with van der Waals surface area (Å²) in [5.41, 5.74) is 1.22. The second-order valence-corrected chi connectivity index (χ2v) is 4.93. The summed E-state index contributed by atoms with van der Waals surface area (Å²) in [6.07, 6.45) is 9.47. The zero-order valence-corrected chi connectivity index (χ0v) is 12.3. The average molecular weight is 251 g/mol. The molecule has 1 aromatic rings. The van der Waals surface area contributed by atoms with Crippen LogP contribution in [0.1, 0.15) is 58.0 Å². The number of nitrogens with one attached hydrogen (secondary N) is 1. The molecule has 0 radical (unpaired) electrons. The highest BCUT2D eigenvalue weighted by atomic mass is 15.1. The lowest BCUT2D eigenvalue weighted by Crippen LogP contribution is -2.25. The van der Waals surface area contributed by atoms with Crippen LogP contribution in [0.2, 0.25) is 0 Å². The van der Waals surface area contributed by atoms with Gasteiger partial charge in [0.1, 0.15) is 5.82 Å². The van der Waals surface area contributed by atoms with E-state index in [1.54, 1.807) is 0 Å². The second kappa shape index (κ2) is 9.15. The van der Waals surface area contributed by atoms with E-state index in [1.165, 1.54) is 37.2 Å². The summed E-state index contributed by atoms with van der Waals surface area (Å²) in [6.45, 7) is 10.1. The molecule has 3 nitrogen and oxygen atoms in total. The van der Waals surface area contributed by atoms with Gasteiger partial charge >= 0.3 is 0 Å². The van der Waals surface area contributed by atoms with Gasteiger partial charge in [-0.25, -0.2) is 4.98 Å². The topological polar surface area (TPSA) is 31.9 Å². The number of aromatic amines is 1. The maximum absolute atomic E-state index is 4.67. The van der Waals surface area contributed by atoms with Gasteiger partial charge in [0, 0.05) is 25.6 Å². The number of H-pyrrole nitrogens is 1. The number of hydrogen-bond donors (Lipinski definition) is 1. The Morgan fingerprint density at radius 2 is 1.83 bits per heavy atom. The normalized spacial score (nSPS) is 11.3. The summed E-state index contributed by atoms with van der Waals surface area (Å²) >= 11 is 0. The lowest BCUT2D eigenvalue weighted by atomic mass is 10.1. The molecule has 0 atom stereocenters. The Balaban J connectivity index is 2.25. The maximum atomic E-state index is 4.67. The van der Waals surface area contributed by atoms with Gasteiger partial charge in [-0.3, -0.25) is 0 Å². The van der Waals surface area contributed by atoms with Crippen molar-refractivity contribution < 1.29 is 0 Å². The van der Waals surface area contributed by atoms with Gasteiger partial charge in [0.15, 0.2) is 0 Å². The number of imidazole rings is 1. The third-order valence-corrected chi connectivity index (χ3v) is 3.53. The zero-order valence-electron chi connectivity index (χ0n) is 12.3. The van der Waals surface area contributed by atoms with E-state index in [-0.39, 0.29) is 0 Å². The second-order valence-electron chi connectivity index (χ2n) is 4.93. The zero-order chi connectivity index (χ0) is 13.2. The van der Waals surface area contributed by atoms with Crippen molar-refractivity contribution in [2.24, 2.45) is 0 Å². The minimum absolute atomic E-state index is 1.06. The monoisotopic (exact) mass is 251 g/mol. The minimum atomic E-state index is 1.06. The molecule has 0 saturated carbocycles. The molecule has 0 fully saturated rings. The number of unbranched alkanes of at least 4 members (excludes halogenated alkanes) is 3. The number of hydrogen-bond acceptors (Lipinski definition) is 2. The van der Waals surface area contributed by atoms with Crippen molar-refractivity contribution in [1.82, 2.24) is 14.9 Å². The fourth-order valence-corrected chi connectivity index (χ4v) is 2.19. The first-order valence-electron chi connectivity index (χ1n) is 7.55. The third kappa shape index (κ3) is 5.67. The molecule has 0 aromatic carbocycles. The lowest BCUT2D eigenvalue weighted by Gasteiger charge is -2.16. The largest absolute Gasteiger partial charge is 0.348 e. The molecule has 0 bridgehead atoms. The van der Waals surface area contributed by atoms with Gasteiger partial charge in [0.25, 0.3) is 0 Å². The van der Waals surface area contributed by atoms with E-state index in [9.17, 15) is 0 Å². The maximum Gasteiger partial charge on any atom is 0.106 e.